The van der Waals surface area contributed by atoms with E-state index in [1.54, 1.807) is 0 Å². The molecule has 1 saturated carbocycles. The second kappa shape index (κ2) is 7.12. The molecule has 2 aliphatic rings. The highest BCUT2D eigenvalue weighted by atomic mass is 79.9. The van der Waals surface area contributed by atoms with E-state index in [2.05, 4.69) is 51.3 Å². The van der Waals surface area contributed by atoms with Gasteiger partial charge in [0, 0.05) is 36.8 Å². The Bertz CT molecular complexity index is 470. The summed E-state index contributed by atoms with van der Waals surface area (Å²) in [6.07, 6.45) is 5.47. The number of rotatable bonds is 7. The molecule has 1 atom stereocenters. The fraction of sp³-hybridized carbons (Fsp3) is 0.647. The Hall–Kier alpha value is -0.580. The van der Waals surface area contributed by atoms with Crippen LogP contribution in [0.4, 0.5) is 5.69 Å². The van der Waals surface area contributed by atoms with Crippen LogP contribution in [0.15, 0.2) is 22.7 Å². The lowest BCUT2D eigenvalue weighted by Gasteiger charge is -2.27. The number of nitrogens with zero attached hydrogens (tertiary/aromatic N) is 1. The summed E-state index contributed by atoms with van der Waals surface area (Å²) in [6.45, 7) is 6.12. The minimum Gasteiger partial charge on any atom is -0.376 e. The highest BCUT2D eigenvalue weighted by Crippen LogP contribution is 2.29. The van der Waals surface area contributed by atoms with Crippen LogP contribution >= 0.6 is 15.9 Å². The number of benzene rings is 1. The van der Waals surface area contributed by atoms with Crippen molar-refractivity contribution in [1.29, 1.82) is 0 Å². The Morgan fingerprint density at radius 1 is 1.33 bits per heavy atom. The second-order valence-corrected chi connectivity index (χ2v) is 6.97. The van der Waals surface area contributed by atoms with Crippen molar-refractivity contribution in [3.05, 3.63) is 28.2 Å². The van der Waals surface area contributed by atoms with Crippen LogP contribution in [0.5, 0.6) is 0 Å². The molecule has 0 spiro atoms. The molecular weight excluding hydrogens is 328 g/mol. The van der Waals surface area contributed by atoms with E-state index in [0.717, 1.165) is 32.3 Å². The molecule has 1 aliphatic heterocycles. The molecule has 1 N–H and O–H groups in total. The summed E-state index contributed by atoms with van der Waals surface area (Å²) in [4.78, 5) is 2.41. The lowest BCUT2D eigenvalue weighted by atomic mass is 10.1. The predicted molar refractivity (Wildman–Crippen MR) is 90.9 cm³/mol. The zero-order valence-electron chi connectivity index (χ0n) is 12.8. The van der Waals surface area contributed by atoms with Crippen LogP contribution < -0.4 is 10.2 Å². The van der Waals surface area contributed by atoms with E-state index in [-0.39, 0.29) is 0 Å². The summed E-state index contributed by atoms with van der Waals surface area (Å²) < 4.78 is 6.97. The van der Waals surface area contributed by atoms with Crippen LogP contribution in [0.2, 0.25) is 0 Å². The van der Waals surface area contributed by atoms with Gasteiger partial charge in [-0.25, -0.2) is 0 Å². The fourth-order valence-corrected chi connectivity index (χ4v) is 3.58. The van der Waals surface area contributed by atoms with Crippen LogP contribution in [0, 0.1) is 0 Å². The summed E-state index contributed by atoms with van der Waals surface area (Å²) in [6, 6.07) is 7.50. The Morgan fingerprint density at radius 2 is 2.19 bits per heavy atom. The highest BCUT2D eigenvalue weighted by molar-refractivity contribution is 9.10. The van der Waals surface area contributed by atoms with E-state index < -0.39 is 0 Å². The maximum Gasteiger partial charge on any atom is 0.0750 e. The maximum atomic E-state index is 5.78. The van der Waals surface area contributed by atoms with Gasteiger partial charge in [-0.3, -0.25) is 0 Å². The zero-order chi connectivity index (χ0) is 14.7. The van der Waals surface area contributed by atoms with Gasteiger partial charge in [-0.2, -0.15) is 0 Å². The second-order valence-electron chi connectivity index (χ2n) is 6.11. The van der Waals surface area contributed by atoms with Gasteiger partial charge in [-0.05, 0) is 66.2 Å². The molecular formula is C17H25BrN2O. The molecule has 116 valence electrons. The van der Waals surface area contributed by atoms with Gasteiger partial charge in [0.15, 0.2) is 0 Å². The SMILES string of the molecule is CCN(CC1CCCO1)c1ccc(CNC2CC2)cc1Br. The average Bonchev–Trinajstić information content (AvgIpc) is 3.18. The smallest absolute Gasteiger partial charge is 0.0750 e. The van der Waals surface area contributed by atoms with Crippen LogP contribution in [0.25, 0.3) is 0 Å². The van der Waals surface area contributed by atoms with Crippen molar-refractivity contribution in [1.82, 2.24) is 5.32 Å². The number of likely N-dealkylation sites (N-methyl/N-ethyl adjacent to an activating group) is 1. The van der Waals surface area contributed by atoms with Gasteiger partial charge in [-0.1, -0.05) is 6.07 Å². The first-order valence-corrected chi connectivity index (χ1v) is 8.94. The Labute approximate surface area is 136 Å². The summed E-state index contributed by atoms with van der Waals surface area (Å²) in [7, 11) is 0. The summed E-state index contributed by atoms with van der Waals surface area (Å²) in [5.74, 6) is 0. The highest BCUT2D eigenvalue weighted by Gasteiger charge is 2.21. The van der Waals surface area contributed by atoms with Crippen LogP contribution in [-0.2, 0) is 11.3 Å². The number of nitrogens with one attached hydrogen (secondary N) is 1. The third-order valence-electron chi connectivity index (χ3n) is 4.35. The van der Waals surface area contributed by atoms with E-state index in [4.69, 9.17) is 4.74 Å². The lowest BCUT2D eigenvalue weighted by Crippen LogP contribution is -2.32. The molecule has 0 amide bonds. The molecule has 0 aromatic heterocycles. The topological polar surface area (TPSA) is 24.5 Å². The molecule has 1 saturated heterocycles. The van der Waals surface area contributed by atoms with Crippen molar-refractivity contribution in [3.63, 3.8) is 0 Å². The standard InChI is InChI=1S/C17H25BrN2O/c1-2-20(12-15-4-3-9-21-15)17-8-5-13(10-16(17)18)11-19-14-6-7-14/h5,8,10,14-15,19H,2-4,6-7,9,11-12H2,1H3. The van der Waals surface area contributed by atoms with Gasteiger partial charge >= 0.3 is 0 Å². The monoisotopic (exact) mass is 352 g/mol. The molecule has 2 fully saturated rings. The molecule has 3 rings (SSSR count). The first kappa shape index (κ1) is 15.3. The number of halogens is 1. The van der Waals surface area contributed by atoms with E-state index in [0.29, 0.717) is 6.10 Å². The van der Waals surface area contributed by atoms with E-state index >= 15 is 0 Å². The Morgan fingerprint density at radius 3 is 2.81 bits per heavy atom. The largest absolute Gasteiger partial charge is 0.376 e. The van der Waals surface area contributed by atoms with Gasteiger partial charge < -0.3 is 15.0 Å². The van der Waals surface area contributed by atoms with E-state index in [1.165, 1.54) is 41.4 Å². The molecule has 1 aromatic carbocycles. The van der Waals surface area contributed by atoms with Gasteiger partial charge in [0.05, 0.1) is 11.8 Å². The van der Waals surface area contributed by atoms with Crippen molar-refractivity contribution in [2.24, 2.45) is 0 Å². The molecule has 3 nitrogen and oxygen atoms in total. The molecule has 1 heterocycles. The Balaban J connectivity index is 1.63. The number of ether oxygens (including phenoxy) is 1. The molecule has 1 aromatic rings. The first-order chi connectivity index (χ1) is 10.3. The molecule has 4 heteroatoms. The average molecular weight is 353 g/mol. The van der Waals surface area contributed by atoms with Crippen molar-refractivity contribution < 1.29 is 4.74 Å². The number of hydrogen-bond donors (Lipinski definition) is 1. The van der Waals surface area contributed by atoms with Crippen LogP contribution in [0.1, 0.15) is 38.2 Å². The maximum absolute atomic E-state index is 5.78. The van der Waals surface area contributed by atoms with E-state index in [9.17, 15) is 0 Å². The first-order valence-electron chi connectivity index (χ1n) is 8.14. The quantitative estimate of drug-likeness (QED) is 0.809. The fourth-order valence-electron chi connectivity index (χ4n) is 2.90. The third kappa shape index (κ3) is 4.21. The molecule has 0 radical (unpaired) electrons. The summed E-state index contributed by atoms with van der Waals surface area (Å²) >= 11 is 3.75. The third-order valence-corrected chi connectivity index (χ3v) is 4.99. The number of hydrogen-bond acceptors (Lipinski definition) is 3. The van der Waals surface area contributed by atoms with Gasteiger partial charge in [0.25, 0.3) is 0 Å². The summed E-state index contributed by atoms with van der Waals surface area (Å²) in [5.41, 5.74) is 2.63. The minimum absolute atomic E-state index is 0.396. The van der Waals surface area contributed by atoms with Gasteiger partial charge in [0.1, 0.15) is 0 Å². The van der Waals surface area contributed by atoms with Gasteiger partial charge in [-0.15, -0.1) is 0 Å². The predicted octanol–water partition coefficient (Wildman–Crippen LogP) is 3.71. The normalized spacial score (nSPS) is 21.7. The van der Waals surface area contributed by atoms with E-state index in [1.807, 2.05) is 0 Å². The van der Waals surface area contributed by atoms with Crippen molar-refractivity contribution in [2.75, 3.05) is 24.6 Å². The molecule has 1 aliphatic carbocycles. The van der Waals surface area contributed by atoms with Crippen LogP contribution in [-0.4, -0.2) is 31.8 Å². The molecule has 0 bridgehead atoms. The minimum atomic E-state index is 0.396. The summed E-state index contributed by atoms with van der Waals surface area (Å²) in [5, 5.41) is 3.57. The van der Waals surface area contributed by atoms with Gasteiger partial charge in [0.2, 0.25) is 0 Å². The Kier molecular flexibility index (Phi) is 5.19. The van der Waals surface area contributed by atoms with Crippen molar-refractivity contribution in [3.8, 4) is 0 Å². The molecule has 1 unspecified atom stereocenters. The number of anilines is 1. The van der Waals surface area contributed by atoms with Crippen molar-refractivity contribution >= 4 is 21.6 Å². The van der Waals surface area contributed by atoms with Crippen molar-refractivity contribution in [2.45, 2.75) is 51.3 Å². The lowest BCUT2D eigenvalue weighted by molar-refractivity contribution is 0.115. The molecule has 21 heavy (non-hydrogen) atoms. The zero-order valence-corrected chi connectivity index (χ0v) is 14.4. The van der Waals surface area contributed by atoms with Crippen LogP contribution in [0.3, 0.4) is 0 Å².